The van der Waals surface area contributed by atoms with Gasteiger partial charge in [-0.15, -0.1) is 0 Å². The van der Waals surface area contributed by atoms with Crippen molar-refractivity contribution in [2.24, 2.45) is 5.73 Å². The lowest BCUT2D eigenvalue weighted by molar-refractivity contribution is 0.297. The number of anilines is 1. The molecule has 0 amide bonds. The summed E-state index contributed by atoms with van der Waals surface area (Å²) in [7, 11) is 0. The summed E-state index contributed by atoms with van der Waals surface area (Å²) in [6.45, 7) is 2.94. The van der Waals surface area contributed by atoms with Gasteiger partial charge in [0.25, 0.3) is 0 Å². The van der Waals surface area contributed by atoms with Crippen molar-refractivity contribution in [2.45, 2.75) is 51.1 Å². The maximum atomic E-state index is 9.26. The van der Waals surface area contributed by atoms with Gasteiger partial charge in [-0.05, 0) is 31.4 Å². The molecular formula is C15H25N3O. The minimum absolute atomic E-state index is 0.0202. The van der Waals surface area contributed by atoms with E-state index in [1.807, 2.05) is 12.3 Å². The second-order valence-corrected chi connectivity index (χ2v) is 5.31. The smallest absolute Gasteiger partial charge is 0.0606 e. The molecule has 0 radical (unpaired) electrons. The topological polar surface area (TPSA) is 62.4 Å². The molecule has 0 spiro atoms. The molecule has 0 aromatic carbocycles. The van der Waals surface area contributed by atoms with E-state index in [1.54, 1.807) is 0 Å². The summed E-state index contributed by atoms with van der Waals surface area (Å²) in [5, 5.41) is 9.26. The van der Waals surface area contributed by atoms with Crippen molar-refractivity contribution in [2.75, 3.05) is 18.1 Å². The zero-order chi connectivity index (χ0) is 13.7. The highest BCUT2D eigenvalue weighted by molar-refractivity contribution is 5.46. The van der Waals surface area contributed by atoms with Gasteiger partial charge >= 0.3 is 0 Å². The van der Waals surface area contributed by atoms with Gasteiger partial charge in [0.1, 0.15) is 0 Å². The second-order valence-electron chi connectivity index (χ2n) is 5.31. The number of aromatic nitrogens is 1. The fourth-order valence-electron chi connectivity index (χ4n) is 2.84. The Kier molecular flexibility index (Phi) is 5.16. The van der Waals surface area contributed by atoms with Gasteiger partial charge in [-0.3, -0.25) is 4.98 Å². The molecule has 0 unspecified atom stereocenters. The molecule has 2 rings (SSSR count). The van der Waals surface area contributed by atoms with Crippen molar-refractivity contribution in [1.82, 2.24) is 4.98 Å². The molecular weight excluding hydrogens is 238 g/mol. The fourth-order valence-corrected chi connectivity index (χ4v) is 2.84. The van der Waals surface area contributed by atoms with Crippen LogP contribution >= 0.6 is 0 Å². The van der Waals surface area contributed by atoms with E-state index >= 15 is 0 Å². The molecule has 1 saturated carbocycles. The first-order valence-corrected chi connectivity index (χ1v) is 7.35. The Balaban J connectivity index is 2.12. The van der Waals surface area contributed by atoms with E-state index in [0.717, 1.165) is 17.8 Å². The van der Waals surface area contributed by atoms with Crippen LogP contribution < -0.4 is 10.6 Å². The van der Waals surface area contributed by atoms with Gasteiger partial charge in [0.15, 0.2) is 0 Å². The highest BCUT2D eigenvalue weighted by atomic mass is 16.3. The summed E-state index contributed by atoms with van der Waals surface area (Å²) in [6, 6.07) is 4.68. The van der Waals surface area contributed by atoms with Crippen LogP contribution in [0.3, 0.4) is 0 Å². The molecule has 1 atom stereocenters. The summed E-state index contributed by atoms with van der Waals surface area (Å²) in [6.07, 6.45) is 7.82. The van der Waals surface area contributed by atoms with Crippen LogP contribution in [0.15, 0.2) is 18.3 Å². The van der Waals surface area contributed by atoms with Gasteiger partial charge in [0.2, 0.25) is 0 Å². The summed E-state index contributed by atoms with van der Waals surface area (Å²) in [4.78, 5) is 6.77. The molecule has 0 bridgehead atoms. The molecule has 106 valence electrons. The lowest BCUT2D eigenvalue weighted by Crippen LogP contribution is -2.35. The Morgan fingerprint density at radius 3 is 2.68 bits per heavy atom. The van der Waals surface area contributed by atoms with E-state index in [1.165, 1.54) is 25.7 Å². The first kappa shape index (κ1) is 14.3. The third kappa shape index (κ3) is 3.45. The van der Waals surface area contributed by atoms with Crippen LogP contribution in [-0.2, 0) is 0 Å². The Morgan fingerprint density at radius 2 is 2.16 bits per heavy atom. The predicted molar refractivity (Wildman–Crippen MR) is 78.1 cm³/mol. The number of rotatable bonds is 6. The standard InChI is InChI=1S/C15H25N3O/c1-2-14(16)15-8-7-13(11-17-15)18(9-10-19)12-5-3-4-6-12/h7-8,11-12,14,19H,2-6,9-10,16H2,1H3/t14-/m1/s1. The molecule has 4 nitrogen and oxygen atoms in total. The zero-order valence-corrected chi connectivity index (χ0v) is 11.8. The summed E-state index contributed by atoms with van der Waals surface area (Å²) >= 11 is 0. The van der Waals surface area contributed by atoms with Gasteiger partial charge in [-0.2, -0.15) is 0 Å². The van der Waals surface area contributed by atoms with Gasteiger partial charge in [-0.25, -0.2) is 0 Å². The Morgan fingerprint density at radius 1 is 1.42 bits per heavy atom. The minimum Gasteiger partial charge on any atom is -0.395 e. The molecule has 3 N–H and O–H groups in total. The first-order valence-electron chi connectivity index (χ1n) is 7.35. The third-order valence-corrected chi connectivity index (χ3v) is 4.03. The Labute approximate surface area is 115 Å². The van der Waals surface area contributed by atoms with E-state index in [4.69, 9.17) is 5.73 Å². The largest absolute Gasteiger partial charge is 0.395 e. The number of aliphatic hydroxyl groups excluding tert-OH is 1. The van der Waals surface area contributed by atoms with Crippen molar-refractivity contribution in [1.29, 1.82) is 0 Å². The molecule has 4 heteroatoms. The lowest BCUT2D eigenvalue weighted by atomic mass is 10.1. The van der Waals surface area contributed by atoms with Gasteiger partial charge in [0, 0.05) is 18.6 Å². The number of nitrogens with two attached hydrogens (primary N) is 1. The van der Waals surface area contributed by atoms with Gasteiger partial charge in [0.05, 0.1) is 24.2 Å². The average molecular weight is 263 g/mol. The third-order valence-electron chi connectivity index (χ3n) is 4.03. The SMILES string of the molecule is CC[C@@H](N)c1ccc(N(CCO)C2CCCC2)cn1. The van der Waals surface area contributed by atoms with E-state index in [-0.39, 0.29) is 12.6 Å². The van der Waals surface area contributed by atoms with E-state index < -0.39 is 0 Å². The number of nitrogens with zero attached hydrogens (tertiary/aromatic N) is 2. The first-order chi connectivity index (χ1) is 9.26. The van der Waals surface area contributed by atoms with Crippen molar-refractivity contribution < 1.29 is 5.11 Å². The van der Waals surface area contributed by atoms with Crippen molar-refractivity contribution in [3.05, 3.63) is 24.0 Å². The highest BCUT2D eigenvalue weighted by Gasteiger charge is 2.22. The number of hydrogen-bond donors (Lipinski definition) is 2. The van der Waals surface area contributed by atoms with Crippen molar-refractivity contribution in [3.8, 4) is 0 Å². The molecule has 0 saturated heterocycles. The van der Waals surface area contributed by atoms with E-state index in [0.29, 0.717) is 12.6 Å². The molecule has 19 heavy (non-hydrogen) atoms. The van der Waals surface area contributed by atoms with Crippen LogP contribution in [0.4, 0.5) is 5.69 Å². The van der Waals surface area contributed by atoms with Crippen LogP contribution in [0.5, 0.6) is 0 Å². The monoisotopic (exact) mass is 263 g/mol. The molecule has 1 heterocycles. The predicted octanol–water partition coefficient (Wildman–Crippen LogP) is 2.23. The van der Waals surface area contributed by atoms with Crippen LogP contribution in [0.1, 0.15) is 50.8 Å². The van der Waals surface area contributed by atoms with Crippen LogP contribution in [0.2, 0.25) is 0 Å². The normalized spacial score (nSPS) is 17.6. The van der Waals surface area contributed by atoms with Crippen molar-refractivity contribution in [3.63, 3.8) is 0 Å². The molecule has 1 fully saturated rings. The minimum atomic E-state index is 0.0202. The van der Waals surface area contributed by atoms with Gasteiger partial charge in [-0.1, -0.05) is 19.8 Å². The van der Waals surface area contributed by atoms with Crippen LogP contribution in [-0.4, -0.2) is 29.3 Å². The number of pyridine rings is 1. The molecule has 1 aromatic rings. The summed E-state index contributed by atoms with van der Waals surface area (Å²) < 4.78 is 0. The molecule has 1 aliphatic carbocycles. The Hall–Kier alpha value is -1.13. The lowest BCUT2D eigenvalue weighted by Gasteiger charge is -2.30. The quantitative estimate of drug-likeness (QED) is 0.826. The van der Waals surface area contributed by atoms with Gasteiger partial charge < -0.3 is 15.7 Å². The Bertz CT molecular complexity index is 373. The molecule has 0 aliphatic heterocycles. The summed E-state index contributed by atoms with van der Waals surface area (Å²) in [5.41, 5.74) is 8.04. The maximum Gasteiger partial charge on any atom is 0.0606 e. The van der Waals surface area contributed by atoms with Crippen molar-refractivity contribution >= 4 is 5.69 Å². The van der Waals surface area contributed by atoms with Crippen LogP contribution in [0, 0.1) is 0 Å². The van der Waals surface area contributed by atoms with E-state index in [9.17, 15) is 5.11 Å². The highest BCUT2D eigenvalue weighted by Crippen LogP contribution is 2.28. The second kappa shape index (κ2) is 6.87. The van der Waals surface area contributed by atoms with Crippen LogP contribution in [0.25, 0.3) is 0 Å². The average Bonchev–Trinajstić information content (AvgIpc) is 2.98. The maximum absolute atomic E-state index is 9.26. The molecule has 1 aromatic heterocycles. The number of aliphatic hydroxyl groups is 1. The van der Waals surface area contributed by atoms with E-state index in [2.05, 4.69) is 22.9 Å². The fraction of sp³-hybridized carbons (Fsp3) is 0.667. The number of hydrogen-bond acceptors (Lipinski definition) is 4. The summed E-state index contributed by atoms with van der Waals surface area (Å²) in [5.74, 6) is 0. The molecule has 1 aliphatic rings. The zero-order valence-electron chi connectivity index (χ0n) is 11.8.